The van der Waals surface area contributed by atoms with Crippen LogP contribution in [0.15, 0.2) is 0 Å². The van der Waals surface area contributed by atoms with Crippen LogP contribution in [0.25, 0.3) is 0 Å². The Balaban J connectivity index is 2.15. The van der Waals surface area contributed by atoms with Crippen LogP contribution in [0.1, 0.15) is 46.5 Å². The molecule has 4 heteroatoms. The molecule has 0 aromatic heterocycles. The lowest BCUT2D eigenvalue weighted by molar-refractivity contribution is -0.129. The average molecular weight is 257 g/mol. The third-order valence-corrected chi connectivity index (χ3v) is 3.89. The highest BCUT2D eigenvalue weighted by Gasteiger charge is 2.22. The minimum absolute atomic E-state index is 0.0273. The van der Waals surface area contributed by atoms with Crippen LogP contribution in [0.4, 0.5) is 0 Å². The molecule has 1 fully saturated rings. The standard InChI is InChI=1S/C14H27NO3/c1-10(2)11(3)15-14(17)9-18-13-6-4-12(8-16)5-7-13/h10-13,16H,4-9H2,1-3H3,(H,15,17). The first-order chi connectivity index (χ1) is 8.52. The van der Waals surface area contributed by atoms with Crippen LogP contribution in [0, 0.1) is 11.8 Å². The first-order valence-corrected chi connectivity index (χ1v) is 7.04. The van der Waals surface area contributed by atoms with Crippen LogP contribution in [0.3, 0.4) is 0 Å². The summed E-state index contributed by atoms with van der Waals surface area (Å²) in [6, 6.07) is 0.186. The molecular weight excluding hydrogens is 230 g/mol. The summed E-state index contributed by atoms with van der Waals surface area (Å²) in [6.07, 6.45) is 4.11. The summed E-state index contributed by atoms with van der Waals surface area (Å²) in [4.78, 5) is 11.6. The van der Waals surface area contributed by atoms with Gasteiger partial charge in [-0.2, -0.15) is 0 Å². The quantitative estimate of drug-likeness (QED) is 0.761. The number of hydrogen-bond donors (Lipinski definition) is 2. The van der Waals surface area contributed by atoms with Crippen molar-refractivity contribution in [1.29, 1.82) is 0 Å². The van der Waals surface area contributed by atoms with E-state index >= 15 is 0 Å². The van der Waals surface area contributed by atoms with E-state index in [0.717, 1.165) is 25.7 Å². The Bertz CT molecular complexity index is 247. The van der Waals surface area contributed by atoms with E-state index in [1.54, 1.807) is 0 Å². The molecule has 1 aliphatic carbocycles. The first-order valence-electron chi connectivity index (χ1n) is 7.04. The summed E-state index contributed by atoms with van der Waals surface area (Å²) in [6.45, 7) is 6.61. The highest BCUT2D eigenvalue weighted by molar-refractivity contribution is 5.77. The van der Waals surface area contributed by atoms with E-state index in [1.807, 2.05) is 6.92 Å². The molecule has 0 saturated heterocycles. The first kappa shape index (κ1) is 15.4. The van der Waals surface area contributed by atoms with Gasteiger partial charge in [0.2, 0.25) is 5.91 Å². The van der Waals surface area contributed by atoms with Gasteiger partial charge in [-0.25, -0.2) is 0 Å². The monoisotopic (exact) mass is 257 g/mol. The highest BCUT2D eigenvalue weighted by atomic mass is 16.5. The zero-order valence-electron chi connectivity index (χ0n) is 11.8. The van der Waals surface area contributed by atoms with E-state index in [1.165, 1.54) is 0 Å². The fraction of sp³-hybridized carbons (Fsp3) is 0.929. The smallest absolute Gasteiger partial charge is 0.246 e. The van der Waals surface area contributed by atoms with Gasteiger partial charge in [0.1, 0.15) is 6.61 Å². The molecule has 0 radical (unpaired) electrons. The number of rotatable bonds is 6. The van der Waals surface area contributed by atoms with Gasteiger partial charge in [0.15, 0.2) is 0 Å². The van der Waals surface area contributed by atoms with Gasteiger partial charge in [-0.05, 0) is 44.4 Å². The lowest BCUT2D eigenvalue weighted by Crippen LogP contribution is -2.39. The molecule has 1 aliphatic rings. The van der Waals surface area contributed by atoms with E-state index in [2.05, 4.69) is 19.2 Å². The molecule has 0 aliphatic heterocycles. The van der Waals surface area contributed by atoms with Gasteiger partial charge in [0.25, 0.3) is 0 Å². The number of aliphatic hydroxyl groups is 1. The summed E-state index contributed by atoms with van der Waals surface area (Å²) in [5.74, 6) is 0.842. The van der Waals surface area contributed by atoms with Gasteiger partial charge in [0.05, 0.1) is 6.10 Å². The second-order valence-electron chi connectivity index (χ2n) is 5.74. The molecule has 1 unspecified atom stereocenters. The second-order valence-corrected chi connectivity index (χ2v) is 5.74. The third kappa shape index (κ3) is 5.36. The molecule has 4 nitrogen and oxygen atoms in total. The molecule has 1 amide bonds. The molecule has 0 aromatic carbocycles. The van der Waals surface area contributed by atoms with Gasteiger partial charge in [0, 0.05) is 12.6 Å². The van der Waals surface area contributed by atoms with Crippen molar-refractivity contribution in [2.45, 2.75) is 58.6 Å². The molecule has 1 rings (SSSR count). The zero-order chi connectivity index (χ0) is 13.5. The summed E-state index contributed by atoms with van der Waals surface area (Å²) in [7, 11) is 0. The van der Waals surface area contributed by atoms with Gasteiger partial charge in [-0.1, -0.05) is 13.8 Å². The molecule has 106 valence electrons. The normalized spacial score (nSPS) is 26.1. The zero-order valence-corrected chi connectivity index (χ0v) is 11.8. The fourth-order valence-electron chi connectivity index (χ4n) is 2.14. The lowest BCUT2D eigenvalue weighted by Gasteiger charge is -2.27. The van der Waals surface area contributed by atoms with Crippen LogP contribution in [0.5, 0.6) is 0 Å². The van der Waals surface area contributed by atoms with Gasteiger partial charge >= 0.3 is 0 Å². The number of carbonyl (C=O) groups is 1. The van der Waals surface area contributed by atoms with E-state index in [-0.39, 0.29) is 31.3 Å². The molecule has 0 aromatic rings. The van der Waals surface area contributed by atoms with Crippen molar-refractivity contribution < 1.29 is 14.6 Å². The molecule has 0 heterocycles. The van der Waals surface area contributed by atoms with Crippen molar-refractivity contribution in [3.63, 3.8) is 0 Å². The Morgan fingerprint density at radius 2 is 1.89 bits per heavy atom. The minimum atomic E-state index is -0.0273. The Morgan fingerprint density at radius 3 is 2.39 bits per heavy atom. The van der Waals surface area contributed by atoms with Crippen molar-refractivity contribution in [3.8, 4) is 0 Å². The van der Waals surface area contributed by atoms with Crippen molar-refractivity contribution in [2.75, 3.05) is 13.2 Å². The number of amides is 1. The Kier molecular flexibility index (Phi) is 6.65. The fourth-order valence-corrected chi connectivity index (χ4v) is 2.14. The predicted octanol–water partition coefficient (Wildman–Crippen LogP) is 1.71. The maximum Gasteiger partial charge on any atom is 0.246 e. The summed E-state index contributed by atoms with van der Waals surface area (Å²) < 4.78 is 5.62. The Labute approximate surface area is 110 Å². The van der Waals surface area contributed by atoms with Crippen molar-refractivity contribution >= 4 is 5.91 Å². The molecule has 1 atom stereocenters. The molecule has 1 saturated carbocycles. The number of nitrogens with one attached hydrogen (secondary N) is 1. The summed E-state index contributed by atoms with van der Waals surface area (Å²) >= 11 is 0. The molecule has 0 spiro atoms. The third-order valence-electron chi connectivity index (χ3n) is 3.89. The Hall–Kier alpha value is -0.610. The van der Waals surface area contributed by atoms with Crippen LogP contribution >= 0.6 is 0 Å². The van der Waals surface area contributed by atoms with Crippen LogP contribution in [-0.2, 0) is 9.53 Å². The molecule has 18 heavy (non-hydrogen) atoms. The van der Waals surface area contributed by atoms with Crippen molar-refractivity contribution in [1.82, 2.24) is 5.32 Å². The van der Waals surface area contributed by atoms with Crippen molar-refractivity contribution in [3.05, 3.63) is 0 Å². The second kappa shape index (κ2) is 7.74. The Morgan fingerprint density at radius 1 is 1.28 bits per heavy atom. The van der Waals surface area contributed by atoms with Gasteiger partial charge in [-0.15, -0.1) is 0 Å². The van der Waals surface area contributed by atoms with Gasteiger partial charge < -0.3 is 15.2 Å². The number of aliphatic hydroxyl groups excluding tert-OH is 1. The highest BCUT2D eigenvalue weighted by Crippen LogP contribution is 2.25. The van der Waals surface area contributed by atoms with Gasteiger partial charge in [-0.3, -0.25) is 4.79 Å². The maximum atomic E-state index is 11.6. The van der Waals surface area contributed by atoms with E-state index < -0.39 is 0 Å². The van der Waals surface area contributed by atoms with Crippen molar-refractivity contribution in [2.24, 2.45) is 11.8 Å². The topological polar surface area (TPSA) is 58.6 Å². The van der Waals surface area contributed by atoms with Crippen LogP contribution < -0.4 is 5.32 Å². The number of ether oxygens (including phenoxy) is 1. The summed E-state index contributed by atoms with van der Waals surface area (Å²) in [5, 5.41) is 12.0. The van der Waals surface area contributed by atoms with Crippen LogP contribution in [-0.4, -0.2) is 36.4 Å². The number of carbonyl (C=O) groups excluding carboxylic acids is 1. The average Bonchev–Trinajstić information content (AvgIpc) is 2.36. The minimum Gasteiger partial charge on any atom is -0.396 e. The molecule has 2 N–H and O–H groups in total. The molecular formula is C14H27NO3. The molecule has 0 bridgehead atoms. The number of hydrogen-bond acceptors (Lipinski definition) is 3. The van der Waals surface area contributed by atoms with E-state index in [4.69, 9.17) is 9.84 Å². The lowest BCUT2D eigenvalue weighted by atomic mass is 9.88. The van der Waals surface area contributed by atoms with E-state index in [0.29, 0.717) is 11.8 Å². The largest absolute Gasteiger partial charge is 0.396 e. The van der Waals surface area contributed by atoms with Crippen LogP contribution in [0.2, 0.25) is 0 Å². The maximum absolute atomic E-state index is 11.6. The summed E-state index contributed by atoms with van der Waals surface area (Å²) in [5.41, 5.74) is 0. The van der Waals surface area contributed by atoms with E-state index in [9.17, 15) is 4.79 Å². The SMILES string of the molecule is CC(C)C(C)NC(=O)COC1CCC(CO)CC1. The predicted molar refractivity (Wildman–Crippen MR) is 71.2 cm³/mol.